The minimum atomic E-state index is -4.67. The molecule has 1 atom stereocenters. The van der Waals surface area contributed by atoms with Crippen LogP contribution < -0.4 is 5.73 Å². The van der Waals surface area contributed by atoms with Crippen LogP contribution in [0.5, 0.6) is 0 Å². The van der Waals surface area contributed by atoms with Crippen molar-refractivity contribution in [2.75, 3.05) is 5.73 Å². The number of hydrogen-bond donors (Lipinski definition) is 3. The number of benzene rings is 1. The van der Waals surface area contributed by atoms with E-state index in [1.54, 1.807) is 0 Å². The fraction of sp³-hybridized carbons (Fsp3) is 0.222. The normalized spacial score (nSPS) is 13.5. The Morgan fingerprint density at radius 3 is 2.35 bits per heavy atom. The van der Waals surface area contributed by atoms with Gasteiger partial charge in [-0.3, -0.25) is 0 Å². The summed E-state index contributed by atoms with van der Waals surface area (Å²) in [6.45, 7) is 0. The van der Waals surface area contributed by atoms with Gasteiger partial charge in [0.2, 0.25) is 0 Å². The molecule has 0 heterocycles. The van der Waals surface area contributed by atoms with E-state index in [-0.39, 0.29) is 5.69 Å². The Balaban J connectivity index is 3.45. The quantitative estimate of drug-likeness (QED) is 0.731. The van der Waals surface area contributed by atoms with Gasteiger partial charge in [-0.05, 0) is 28.1 Å². The van der Waals surface area contributed by atoms with Crippen LogP contribution in [0.3, 0.4) is 0 Å². The molecule has 94 valence electrons. The predicted octanol–water partition coefficient (Wildman–Crippen LogP) is 2.17. The molecule has 0 aliphatic carbocycles. The zero-order valence-electron chi connectivity index (χ0n) is 8.12. The number of carboxylic acid groups (broad SMARTS) is 1. The SMILES string of the molecule is Nc1ccc(C(F)(F)F)c(Br)c1C(O)C(=O)O. The summed E-state index contributed by atoms with van der Waals surface area (Å²) in [6.07, 6.45) is -6.79. The van der Waals surface area contributed by atoms with Crippen molar-refractivity contribution in [3.63, 3.8) is 0 Å². The largest absolute Gasteiger partial charge is 0.479 e. The number of aliphatic carboxylic acids is 1. The number of aliphatic hydroxyl groups is 1. The Hall–Kier alpha value is -1.28. The lowest BCUT2D eigenvalue weighted by molar-refractivity contribution is -0.147. The molecule has 1 unspecified atom stereocenters. The summed E-state index contributed by atoms with van der Waals surface area (Å²) in [7, 11) is 0. The smallest absolute Gasteiger partial charge is 0.417 e. The van der Waals surface area contributed by atoms with E-state index in [9.17, 15) is 23.1 Å². The van der Waals surface area contributed by atoms with Crippen LogP contribution >= 0.6 is 15.9 Å². The summed E-state index contributed by atoms with van der Waals surface area (Å²) in [5.41, 5.74) is 3.51. The second-order valence-electron chi connectivity index (χ2n) is 3.17. The molecule has 0 radical (unpaired) electrons. The van der Waals surface area contributed by atoms with Gasteiger partial charge in [-0.15, -0.1) is 0 Å². The second-order valence-corrected chi connectivity index (χ2v) is 3.96. The van der Waals surface area contributed by atoms with Gasteiger partial charge in [0.15, 0.2) is 6.10 Å². The predicted molar refractivity (Wildman–Crippen MR) is 56.2 cm³/mol. The van der Waals surface area contributed by atoms with Gasteiger partial charge in [0.05, 0.1) is 5.56 Å². The third kappa shape index (κ3) is 2.70. The number of hydrogen-bond acceptors (Lipinski definition) is 3. The molecule has 0 saturated heterocycles. The van der Waals surface area contributed by atoms with Gasteiger partial charge in [0.1, 0.15) is 0 Å². The minimum absolute atomic E-state index is 0.236. The van der Waals surface area contributed by atoms with E-state index >= 15 is 0 Å². The van der Waals surface area contributed by atoms with Gasteiger partial charge in [-0.2, -0.15) is 13.2 Å². The summed E-state index contributed by atoms with van der Waals surface area (Å²) >= 11 is 2.61. The summed E-state index contributed by atoms with van der Waals surface area (Å²) in [5, 5.41) is 17.8. The Bertz CT molecular complexity index is 462. The van der Waals surface area contributed by atoms with E-state index in [1.807, 2.05) is 0 Å². The highest BCUT2D eigenvalue weighted by Gasteiger charge is 2.36. The number of anilines is 1. The van der Waals surface area contributed by atoms with E-state index < -0.39 is 33.8 Å². The first kappa shape index (κ1) is 13.8. The van der Waals surface area contributed by atoms with Gasteiger partial charge in [-0.1, -0.05) is 0 Å². The first-order valence-corrected chi connectivity index (χ1v) is 5.01. The molecule has 0 fully saturated rings. The van der Waals surface area contributed by atoms with Gasteiger partial charge in [0.25, 0.3) is 0 Å². The van der Waals surface area contributed by atoms with E-state index in [4.69, 9.17) is 10.8 Å². The molecule has 1 aromatic rings. The Kier molecular flexibility index (Phi) is 3.68. The number of alkyl halides is 3. The number of aliphatic hydroxyl groups excluding tert-OH is 1. The highest BCUT2D eigenvalue weighted by molar-refractivity contribution is 9.10. The molecule has 4 N–H and O–H groups in total. The topological polar surface area (TPSA) is 83.5 Å². The molecule has 0 aromatic heterocycles. The molecule has 0 bridgehead atoms. The number of halogens is 4. The average Bonchev–Trinajstić information content (AvgIpc) is 2.14. The van der Waals surface area contributed by atoms with Gasteiger partial charge < -0.3 is 15.9 Å². The number of carbonyl (C=O) groups is 1. The molecule has 0 aliphatic rings. The zero-order valence-corrected chi connectivity index (χ0v) is 9.71. The van der Waals surface area contributed by atoms with Crippen molar-refractivity contribution >= 4 is 27.6 Å². The lowest BCUT2D eigenvalue weighted by Crippen LogP contribution is -2.16. The van der Waals surface area contributed by atoms with Gasteiger partial charge >= 0.3 is 12.1 Å². The highest BCUT2D eigenvalue weighted by atomic mass is 79.9. The maximum atomic E-state index is 12.5. The average molecular weight is 314 g/mol. The number of nitrogen functional groups attached to an aromatic ring is 1. The van der Waals surface area contributed by atoms with Crippen LogP contribution in [0.2, 0.25) is 0 Å². The Morgan fingerprint density at radius 2 is 1.94 bits per heavy atom. The standard InChI is InChI=1S/C9H7BrF3NO3/c10-6-3(9(11,12)13)1-2-4(14)5(6)7(15)8(16)17/h1-2,7,15H,14H2,(H,16,17). The van der Waals surface area contributed by atoms with Crippen molar-refractivity contribution in [1.82, 2.24) is 0 Å². The van der Waals surface area contributed by atoms with Crippen molar-refractivity contribution in [1.29, 1.82) is 0 Å². The summed E-state index contributed by atoms with van der Waals surface area (Å²) in [6, 6.07) is 1.60. The third-order valence-electron chi connectivity index (χ3n) is 2.03. The minimum Gasteiger partial charge on any atom is -0.479 e. The van der Waals surface area contributed by atoms with Gasteiger partial charge in [0, 0.05) is 15.7 Å². The molecule has 4 nitrogen and oxygen atoms in total. The zero-order chi connectivity index (χ0) is 13.4. The fourth-order valence-corrected chi connectivity index (χ4v) is 2.03. The second kappa shape index (κ2) is 4.53. The van der Waals surface area contributed by atoms with Crippen molar-refractivity contribution in [3.05, 3.63) is 27.7 Å². The van der Waals surface area contributed by atoms with E-state index in [0.717, 1.165) is 6.07 Å². The molecule has 0 spiro atoms. The molecule has 8 heteroatoms. The Morgan fingerprint density at radius 1 is 1.41 bits per heavy atom. The number of carboxylic acids is 1. The molecule has 1 rings (SSSR count). The van der Waals surface area contributed by atoms with Crippen LogP contribution in [0.1, 0.15) is 17.2 Å². The van der Waals surface area contributed by atoms with Crippen molar-refractivity contribution in [2.45, 2.75) is 12.3 Å². The molecule has 1 aromatic carbocycles. The molecule has 0 saturated carbocycles. The summed E-state index contributed by atoms with van der Waals surface area (Å²) in [4.78, 5) is 10.6. The highest BCUT2D eigenvalue weighted by Crippen LogP contribution is 2.40. The monoisotopic (exact) mass is 313 g/mol. The van der Waals surface area contributed by atoms with Crippen LogP contribution in [0.15, 0.2) is 16.6 Å². The van der Waals surface area contributed by atoms with Crippen LogP contribution in [0.4, 0.5) is 18.9 Å². The van der Waals surface area contributed by atoms with Crippen LogP contribution in [-0.4, -0.2) is 16.2 Å². The molecular weight excluding hydrogens is 307 g/mol. The lowest BCUT2D eigenvalue weighted by atomic mass is 10.0. The summed E-state index contributed by atoms with van der Waals surface area (Å²) in [5.74, 6) is -1.68. The third-order valence-corrected chi connectivity index (χ3v) is 2.88. The maximum absolute atomic E-state index is 12.5. The number of rotatable bonds is 2. The van der Waals surface area contributed by atoms with E-state index in [2.05, 4.69) is 15.9 Å². The van der Waals surface area contributed by atoms with E-state index in [1.165, 1.54) is 0 Å². The van der Waals surface area contributed by atoms with E-state index in [0.29, 0.717) is 6.07 Å². The Labute approximate surface area is 102 Å². The fourth-order valence-electron chi connectivity index (χ4n) is 1.23. The molecule has 0 amide bonds. The maximum Gasteiger partial charge on any atom is 0.417 e. The van der Waals surface area contributed by atoms with Crippen molar-refractivity contribution in [3.8, 4) is 0 Å². The lowest BCUT2D eigenvalue weighted by Gasteiger charge is -2.16. The first-order valence-electron chi connectivity index (χ1n) is 4.22. The van der Waals surface area contributed by atoms with Gasteiger partial charge in [-0.25, -0.2) is 4.79 Å². The van der Waals surface area contributed by atoms with Crippen LogP contribution in [0.25, 0.3) is 0 Å². The molecular formula is C9H7BrF3NO3. The van der Waals surface area contributed by atoms with Crippen molar-refractivity contribution < 1.29 is 28.2 Å². The first-order chi connectivity index (χ1) is 7.66. The summed E-state index contributed by atoms with van der Waals surface area (Å²) < 4.78 is 37.0. The number of nitrogens with two attached hydrogens (primary N) is 1. The molecule has 0 aliphatic heterocycles. The molecule has 17 heavy (non-hydrogen) atoms. The van der Waals surface area contributed by atoms with Crippen molar-refractivity contribution in [2.24, 2.45) is 0 Å². The van der Waals surface area contributed by atoms with Crippen LogP contribution in [0, 0.1) is 0 Å². The van der Waals surface area contributed by atoms with Crippen LogP contribution in [-0.2, 0) is 11.0 Å².